The third-order valence-corrected chi connectivity index (χ3v) is 3.06. The summed E-state index contributed by atoms with van der Waals surface area (Å²) < 4.78 is 0. The highest BCUT2D eigenvalue weighted by Gasteiger charge is 2.34. The van der Waals surface area contributed by atoms with Crippen LogP contribution in [0.5, 0.6) is 0 Å². The second-order valence-electron chi connectivity index (χ2n) is 4.49. The molecule has 0 aliphatic heterocycles. The lowest BCUT2D eigenvalue weighted by Gasteiger charge is -2.29. The first-order chi connectivity index (χ1) is 6.43. The molecule has 1 rings (SSSR count). The summed E-state index contributed by atoms with van der Waals surface area (Å²) in [5.74, 6) is 0. The Labute approximate surface area is 84.2 Å². The smallest absolute Gasteiger partial charge is 0.0878 e. The van der Waals surface area contributed by atoms with Crippen LogP contribution in [-0.2, 0) is 0 Å². The molecule has 0 bridgehead atoms. The van der Waals surface area contributed by atoms with Crippen molar-refractivity contribution in [3.8, 4) is 0 Å². The van der Waals surface area contributed by atoms with Crippen molar-refractivity contribution < 1.29 is 20.4 Å². The molecule has 1 fully saturated rings. The highest BCUT2D eigenvalue weighted by molar-refractivity contribution is 4.86. The van der Waals surface area contributed by atoms with E-state index < -0.39 is 23.9 Å². The summed E-state index contributed by atoms with van der Waals surface area (Å²) >= 11 is 0. The van der Waals surface area contributed by atoms with Gasteiger partial charge in [-0.2, -0.15) is 0 Å². The SMILES string of the molecule is CC1(O)CCCCC(O)C(O)CC1O. The number of hydrogen-bond acceptors (Lipinski definition) is 4. The summed E-state index contributed by atoms with van der Waals surface area (Å²) in [6, 6.07) is 0. The molecule has 0 saturated heterocycles. The van der Waals surface area contributed by atoms with Crippen LogP contribution in [0.25, 0.3) is 0 Å². The molecule has 4 N–H and O–H groups in total. The summed E-state index contributed by atoms with van der Waals surface area (Å²) in [4.78, 5) is 0. The molecule has 0 aromatic heterocycles. The van der Waals surface area contributed by atoms with Crippen LogP contribution < -0.4 is 0 Å². The van der Waals surface area contributed by atoms with E-state index in [-0.39, 0.29) is 6.42 Å². The molecule has 4 nitrogen and oxygen atoms in total. The topological polar surface area (TPSA) is 80.9 Å². The summed E-state index contributed by atoms with van der Waals surface area (Å²) in [6.07, 6.45) is -0.0842. The van der Waals surface area contributed by atoms with Crippen LogP contribution in [0.2, 0.25) is 0 Å². The first-order valence-electron chi connectivity index (χ1n) is 5.20. The van der Waals surface area contributed by atoms with Crippen LogP contribution >= 0.6 is 0 Å². The molecule has 84 valence electrons. The minimum Gasteiger partial charge on any atom is -0.390 e. The van der Waals surface area contributed by atoms with Crippen LogP contribution in [0.15, 0.2) is 0 Å². The molecular weight excluding hydrogens is 184 g/mol. The van der Waals surface area contributed by atoms with Crippen LogP contribution in [-0.4, -0.2) is 44.3 Å². The van der Waals surface area contributed by atoms with E-state index in [1.807, 2.05) is 0 Å². The molecule has 14 heavy (non-hydrogen) atoms. The predicted octanol–water partition coefficient (Wildman–Crippen LogP) is -0.216. The number of aliphatic hydroxyl groups is 4. The van der Waals surface area contributed by atoms with Crippen LogP contribution in [0.3, 0.4) is 0 Å². The normalized spacial score (nSPS) is 46.5. The molecule has 0 heterocycles. The standard InChI is InChI=1S/C10H20O4/c1-10(14)5-3-2-4-7(11)8(12)6-9(10)13/h7-9,11-14H,2-6H2,1H3. The molecule has 0 aromatic rings. The van der Waals surface area contributed by atoms with Gasteiger partial charge in [-0.05, 0) is 19.8 Å². The highest BCUT2D eigenvalue weighted by Crippen LogP contribution is 2.25. The zero-order valence-corrected chi connectivity index (χ0v) is 8.56. The lowest BCUT2D eigenvalue weighted by molar-refractivity contribution is -0.0940. The lowest BCUT2D eigenvalue weighted by Crippen LogP contribution is -2.42. The maximum absolute atomic E-state index is 9.83. The van der Waals surface area contributed by atoms with Crippen LogP contribution in [0.4, 0.5) is 0 Å². The Morgan fingerprint density at radius 3 is 2.36 bits per heavy atom. The van der Waals surface area contributed by atoms with E-state index in [9.17, 15) is 20.4 Å². The molecule has 4 heteroatoms. The zero-order valence-electron chi connectivity index (χ0n) is 8.56. The van der Waals surface area contributed by atoms with E-state index in [0.29, 0.717) is 12.8 Å². The van der Waals surface area contributed by atoms with E-state index in [4.69, 9.17) is 0 Å². The van der Waals surface area contributed by atoms with Gasteiger partial charge in [-0.25, -0.2) is 0 Å². The molecule has 4 unspecified atom stereocenters. The fourth-order valence-corrected chi connectivity index (χ4v) is 1.84. The van der Waals surface area contributed by atoms with Gasteiger partial charge in [0.25, 0.3) is 0 Å². The first kappa shape index (κ1) is 11.9. The van der Waals surface area contributed by atoms with Crippen molar-refractivity contribution in [2.24, 2.45) is 0 Å². The quantitative estimate of drug-likeness (QED) is 0.440. The van der Waals surface area contributed by atoms with Gasteiger partial charge >= 0.3 is 0 Å². The van der Waals surface area contributed by atoms with Crippen molar-refractivity contribution in [1.29, 1.82) is 0 Å². The third kappa shape index (κ3) is 2.92. The largest absolute Gasteiger partial charge is 0.390 e. The van der Waals surface area contributed by atoms with Crippen LogP contribution in [0, 0.1) is 0 Å². The van der Waals surface area contributed by atoms with Crippen molar-refractivity contribution in [2.45, 2.75) is 62.9 Å². The van der Waals surface area contributed by atoms with E-state index in [1.165, 1.54) is 0 Å². The van der Waals surface area contributed by atoms with Gasteiger partial charge in [0.15, 0.2) is 0 Å². The van der Waals surface area contributed by atoms with Crippen molar-refractivity contribution in [3.05, 3.63) is 0 Å². The van der Waals surface area contributed by atoms with Crippen LogP contribution in [0.1, 0.15) is 39.0 Å². The molecule has 4 atom stereocenters. The van der Waals surface area contributed by atoms with Crippen molar-refractivity contribution in [3.63, 3.8) is 0 Å². The molecule has 1 aliphatic carbocycles. The van der Waals surface area contributed by atoms with Gasteiger partial charge in [0.05, 0.1) is 23.9 Å². The molecular formula is C10H20O4. The average Bonchev–Trinajstić information content (AvgIpc) is 2.13. The highest BCUT2D eigenvalue weighted by atomic mass is 16.3. The van der Waals surface area contributed by atoms with Gasteiger partial charge in [-0.15, -0.1) is 0 Å². The Morgan fingerprint density at radius 2 is 1.71 bits per heavy atom. The predicted molar refractivity (Wildman–Crippen MR) is 51.7 cm³/mol. The second-order valence-corrected chi connectivity index (χ2v) is 4.49. The van der Waals surface area contributed by atoms with Gasteiger partial charge < -0.3 is 20.4 Å². The Bertz CT molecular complexity index is 181. The molecule has 1 saturated carbocycles. The van der Waals surface area contributed by atoms with Crippen molar-refractivity contribution in [2.75, 3.05) is 0 Å². The van der Waals surface area contributed by atoms with E-state index in [2.05, 4.69) is 0 Å². The fraction of sp³-hybridized carbons (Fsp3) is 1.00. The summed E-state index contributed by atoms with van der Waals surface area (Å²) in [5, 5.41) is 38.4. The monoisotopic (exact) mass is 204 g/mol. The summed E-state index contributed by atoms with van der Waals surface area (Å²) in [6.45, 7) is 1.57. The van der Waals surface area contributed by atoms with Gasteiger partial charge in [0.2, 0.25) is 0 Å². The first-order valence-corrected chi connectivity index (χ1v) is 5.20. The summed E-state index contributed by atoms with van der Waals surface area (Å²) in [5.41, 5.74) is -1.15. The number of aliphatic hydroxyl groups excluding tert-OH is 3. The van der Waals surface area contributed by atoms with Gasteiger partial charge in [-0.3, -0.25) is 0 Å². The van der Waals surface area contributed by atoms with Gasteiger partial charge in [-0.1, -0.05) is 12.8 Å². The Balaban J connectivity index is 2.65. The molecule has 0 radical (unpaired) electrons. The minimum absolute atomic E-state index is 0.0359. The Morgan fingerprint density at radius 1 is 1.07 bits per heavy atom. The van der Waals surface area contributed by atoms with Gasteiger partial charge in [0, 0.05) is 6.42 Å². The Hall–Kier alpha value is -0.160. The molecule has 1 aliphatic rings. The number of hydrogen-bond donors (Lipinski definition) is 4. The third-order valence-electron chi connectivity index (χ3n) is 3.06. The fourth-order valence-electron chi connectivity index (χ4n) is 1.84. The summed E-state index contributed by atoms with van der Waals surface area (Å²) in [7, 11) is 0. The Kier molecular flexibility index (Phi) is 3.89. The zero-order chi connectivity index (χ0) is 10.8. The molecule has 0 aromatic carbocycles. The van der Waals surface area contributed by atoms with Crippen molar-refractivity contribution >= 4 is 0 Å². The van der Waals surface area contributed by atoms with E-state index in [1.54, 1.807) is 6.92 Å². The van der Waals surface area contributed by atoms with Gasteiger partial charge in [0.1, 0.15) is 0 Å². The molecule has 0 amide bonds. The average molecular weight is 204 g/mol. The number of rotatable bonds is 0. The minimum atomic E-state index is -1.15. The maximum atomic E-state index is 9.83. The molecule has 0 spiro atoms. The lowest BCUT2D eigenvalue weighted by atomic mass is 9.90. The van der Waals surface area contributed by atoms with Crippen molar-refractivity contribution in [1.82, 2.24) is 0 Å². The van der Waals surface area contributed by atoms with E-state index in [0.717, 1.165) is 12.8 Å². The maximum Gasteiger partial charge on any atom is 0.0878 e. The van der Waals surface area contributed by atoms with E-state index >= 15 is 0 Å². The second kappa shape index (κ2) is 4.57.